The van der Waals surface area contributed by atoms with Crippen LogP contribution in [0.3, 0.4) is 0 Å². The molecule has 1 saturated carbocycles. The summed E-state index contributed by atoms with van der Waals surface area (Å²) >= 11 is 2.02. The van der Waals surface area contributed by atoms with E-state index in [4.69, 9.17) is 10.7 Å². The zero-order valence-electron chi connectivity index (χ0n) is 11.5. The van der Waals surface area contributed by atoms with Crippen molar-refractivity contribution >= 4 is 17.6 Å². The number of nitrogens with two attached hydrogens (primary N) is 1. The monoisotopic (exact) mass is 277 g/mol. The normalized spacial score (nSPS) is 20.2. The molecule has 0 unspecified atom stereocenters. The van der Waals surface area contributed by atoms with Gasteiger partial charge in [0.25, 0.3) is 0 Å². The van der Waals surface area contributed by atoms with Gasteiger partial charge in [0, 0.05) is 16.5 Å². The lowest BCUT2D eigenvalue weighted by Crippen LogP contribution is -2.09. The maximum Gasteiger partial charge on any atom is 0.140 e. The van der Waals surface area contributed by atoms with Crippen molar-refractivity contribution in [1.29, 1.82) is 0 Å². The Morgan fingerprint density at radius 1 is 1.00 bits per heavy atom. The number of thioether (sulfide) groups is 1. The van der Waals surface area contributed by atoms with E-state index in [1.54, 1.807) is 0 Å². The second kappa shape index (κ2) is 6.12. The average molecular weight is 277 g/mol. The Labute approximate surface area is 119 Å². The van der Waals surface area contributed by atoms with E-state index in [0.29, 0.717) is 0 Å². The molecule has 2 N–H and O–H groups in total. The van der Waals surface area contributed by atoms with Crippen molar-refractivity contribution in [3.05, 3.63) is 17.1 Å². The van der Waals surface area contributed by atoms with Gasteiger partial charge in [-0.05, 0) is 38.5 Å². The Balaban J connectivity index is 1.71. The second-order valence-corrected chi connectivity index (χ2v) is 7.02. The number of hydrogen-bond acceptors (Lipinski definition) is 4. The fourth-order valence-corrected chi connectivity index (χ4v) is 4.35. The summed E-state index contributed by atoms with van der Waals surface area (Å²) in [5, 5.41) is 0.823. The molecule has 4 heteroatoms. The van der Waals surface area contributed by atoms with Crippen LogP contribution in [0.5, 0.6) is 0 Å². The number of fused-ring (bicyclic) bond motifs is 1. The first kappa shape index (κ1) is 13.2. The minimum absolute atomic E-state index is 0.744. The number of hydrogen-bond donors (Lipinski definition) is 1. The standard InChI is InChI=1S/C15H23N3S/c16-15-12-8-2-1-3-9-13(12)17-14(18-15)10-19-11-6-4-5-7-11/h11H,1-10H2,(H2,16,17,18). The molecule has 1 heterocycles. The molecular weight excluding hydrogens is 254 g/mol. The third-order valence-electron chi connectivity index (χ3n) is 4.26. The molecule has 0 saturated heterocycles. The Morgan fingerprint density at radius 3 is 2.63 bits per heavy atom. The SMILES string of the molecule is Nc1nc(CSC2CCCC2)nc2c1CCCCC2. The fourth-order valence-electron chi connectivity index (χ4n) is 3.16. The summed E-state index contributed by atoms with van der Waals surface area (Å²) in [4.78, 5) is 9.32. The molecule has 0 radical (unpaired) electrons. The summed E-state index contributed by atoms with van der Waals surface area (Å²) in [5.74, 6) is 2.63. The maximum absolute atomic E-state index is 6.13. The molecule has 0 atom stereocenters. The van der Waals surface area contributed by atoms with Crippen molar-refractivity contribution < 1.29 is 0 Å². The van der Waals surface area contributed by atoms with Crippen molar-refractivity contribution in [2.45, 2.75) is 68.8 Å². The summed E-state index contributed by atoms with van der Waals surface area (Å²) in [7, 11) is 0. The maximum atomic E-state index is 6.13. The topological polar surface area (TPSA) is 51.8 Å². The third kappa shape index (κ3) is 3.22. The summed E-state index contributed by atoms with van der Waals surface area (Å²) in [6, 6.07) is 0. The van der Waals surface area contributed by atoms with Gasteiger partial charge in [0.05, 0.1) is 5.75 Å². The van der Waals surface area contributed by atoms with Crippen LogP contribution in [0.15, 0.2) is 0 Å². The number of rotatable bonds is 3. The van der Waals surface area contributed by atoms with Crippen LogP contribution in [0.2, 0.25) is 0 Å². The summed E-state index contributed by atoms with van der Waals surface area (Å²) < 4.78 is 0. The van der Waals surface area contributed by atoms with Crippen molar-refractivity contribution in [3.8, 4) is 0 Å². The predicted molar refractivity (Wildman–Crippen MR) is 81.3 cm³/mol. The summed E-state index contributed by atoms with van der Waals surface area (Å²) in [6.07, 6.45) is 11.4. The molecule has 104 valence electrons. The van der Waals surface area contributed by atoms with Crippen LogP contribution in [0.25, 0.3) is 0 Å². The lowest BCUT2D eigenvalue weighted by molar-refractivity contribution is 0.708. The Hall–Kier alpha value is -0.770. The Bertz CT molecular complexity index is 441. The van der Waals surface area contributed by atoms with E-state index >= 15 is 0 Å². The van der Waals surface area contributed by atoms with Gasteiger partial charge in [0.2, 0.25) is 0 Å². The molecule has 2 aliphatic carbocycles. The van der Waals surface area contributed by atoms with E-state index in [1.807, 2.05) is 11.8 Å². The number of aryl methyl sites for hydroxylation is 1. The number of nitrogens with zero attached hydrogens (tertiary/aromatic N) is 2. The van der Waals surface area contributed by atoms with Crippen LogP contribution in [-0.4, -0.2) is 15.2 Å². The van der Waals surface area contributed by atoms with Crippen LogP contribution in [-0.2, 0) is 18.6 Å². The van der Waals surface area contributed by atoms with E-state index in [0.717, 1.165) is 35.5 Å². The highest BCUT2D eigenvalue weighted by atomic mass is 32.2. The van der Waals surface area contributed by atoms with Crippen molar-refractivity contribution in [2.24, 2.45) is 0 Å². The first-order valence-electron chi connectivity index (χ1n) is 7.58. The van der Waals surface area contributed by atoms with Crippen LogP contribution in [0, 0.1) is 0 Å². The largest absolute Gasteiger partial charge is 0.383 e. The fraction of sp³-hybridized carbons (Fsp3) is 0.733. The van der Waals surface area contributed by atoms with Gasteiger partial charge >= 0.3 is 0 Å². The van der Waals surface area contributed by atoms with Crippen LogP contribution < -0.4 is 5.73 Å². The first-order valence-corrected chi connectivity index (χ1v) is 8.63. The van der Waals surface area contributed by atoms with Gasteiger partial charge in [-0.2, -0.15) is 11.8 Å². The van der Waals surface area contributed by atoms with Gasteiger partial charge in [0.15, 0.2) is 0 Å². The van der Waals surface area contributed by atoms with Gasteiger partial charge in [0.1, 0.15) is 11.6 Å². The third-order valence-corrected chi connectivity index (χ3v) is 5.63. The molecule has 0 aliphatic heterocycles. The molecule has 19 heavy (non-hydrogen) atoms. The van der Waals surface area contributed by atoms with Gasteiger partial charge < -0.3 is 5.73 Å². The van der Waals surface area contributed by atoms with Crippen LogP contribution in [0.1, 0.15) is 62.0 Å². The van der Waals surface area contributed by atoms with E-state index in [2.05, 4.69) is 4.98 Å². The van der Waals surface area contributed by atoms with E-state index in [1.165, 1.54) is 56.2 Å². The average Bonchev–Trinajstić information content (AvgIpc) is 2.81. The zero-order valence-corrected chi connectivity index (χ0v) is 12.3. The smallest absolute Gasteiger partial charge is 0.140 e. The number of aromatic nitrogens is 2. The molecule has 1 fully saturated rings. The highest BCUT2D eigenvalue weighted by Crippen LogP contribution is 2.31. The van der Waals surface area contributed by atoms with E-state index in [9.17, 15) is 0 Å². The predicted octanol–water partition coefficient (Wildman–Crippen LogP) is 3.50. The molecule has 0 amide bonds. The minimum atomic E-state index is 0.744. The highest BCUT2D eigenvalue weighted by Gasteiger charge is 2.18. The summed E-state index contributed by atoms with van der Waals surface area (Å²) in [6.45, 7) is 0. The van der Waals surface area contributed by atoms with E-state index < -0.39 is 0 Å². The van der Waals surface area contributed by atoms with Gasteiger partial charge in [-0.1, -0.05) is 19.3 Å². The zero-order chi connectivity index (χ0) is 13.1. The molecule has 0 bridgehead atoms. The van der Waals surface area contributed by atoms with E-state index in [-0.39, 0.29) is 0 Å². The molecule has 1 aromatic rings. The molecular formula is C15H23N3S. The van der Waals surface area contributed by atoms with Gasteiger partial charge in [-0.25, -0.2) is 9.97 Å². The highest BCUT2D eigenvalue weighted by molar-refractivity contribution is 7.99. The second-order valence-electron chi connectivity index (χ2n) is 5.73. The van der Waals surface area contributed by atoms with Crippen LogP contribution in [0.4, 0.5) is 5.82 Å². The molecule has 2 aliphatic rings. The van der Waals surface area contributed by atoms with Gasteiger partial charge in [-0.15, -0.1) is 0 Å². The molecule has 0 spiro atoms. The quantitative estimate of drug-likeness (QED) is 0.859. The van der Waals surface area contributed by atoms with Gasteiger partial charge in [-0.3, -0.25) is 0 Å². The lowest BCUT2D eigenvalue weighted by atomic mass is 10.1. The molecule has 0 aromatic carbocycles. The van der Waals surface area contributed by atoms with Crippen molar-refractivity contribution in [1.82, 2.24) is 9.97 Å². The minimum Gasteiger partial charge on any atom is -0.383 e. The van der Waals surface area contributed by atoms with Crippen molar-refractivity contribution in [3.63, 3.8) is 0 Å². The Morgan fingerprint density at radius 2 is 1.79 bits per heavy atom. The summed E-state index contributed by atoms with van der Waals surface area (Å²) in [5.41, 5.74) is 8.59. The number of anilines is 1. The van der Waals surface area contributed by atoms with Crippen LogP contribution >= 0.6 is 11.8 Å². The number of nitrogen functional groups attached to an aromatic ring is 1. The Kier molecular flexibility index (Phi) is 4.26. The molecule has 3 nitrogen and oxygen atoms in total. The first-order chi connectivity index (χ1) is 9.33. The molecule has 1 aromatic heterocycles. The van der Waals surface area contributed by atoms with Crippen molar-refractivity contribution in [2.75, 3.05) is 5.73 Å². The lowest BCUT2D eigenvalue weighted by Gasteiger charge is -2.12. The molecule has 3 rings (SSSR count).